The van der Waals surface area contributed by atoms with E-state index >= 15 is 0 Å². The summed E-state index contributed by atoms with van der Waals surface area (Å²) in [4.78, 5) is 23.2. The van der Waals surface area contributed by atoms with Gasteiger partial charge in [0.25, 0.3) is 0 Å². The fraction of sp³-hybridized carbons (Fsp3) is 0.846. The first kappa shape index (κ1) is 15.8. The number of alkyl carbamates (subject to hydrolysis) is 1. The number of methoxy groups -OCH3 is 1. The van der Waals surface area contributed by atoms with Gasteiger partial charge in [0.2, 0.25) is 0 Å². The molecule has 1 fully saturated rings. The zero-order valence-electron chi connectivity index (χ0n) is 12.0. The summed E-state index contributed by atoms with van der Waals surface area (Å²) in [5.41, 5.74) is -0.514. The molecule has 0 unspecified atom stereocenters. The van der Waals surface area contributed by atoms with Crippen LogP contribution in [0.3, 0.4) is 0 Å². The van der Waals surface area contributed by atoms with E-state index in [-0.39, 0.29) is 24.7 Å². The van der Waals surface area contributed by atoms with Crippen LogP contribution in [0.5, 0.6) is 0 Å². The van der Waals surface area contributed by atoms with Gasteiger partial charge in [0.05, 0.1) is 5.92 Å². The van der Waals surface area contributed by atoms with E-state index in [0.29, 0.717) is 12.8 Å². The molecule has 2 atom stereocenters. The molecule has 19 heavy (non-hydrogen) atoms. The molecule has 0 aromatic carbocycles. The lowest BCUT2D eigenvalue weighted by Crippen LogP contribution is -2.38. The quantitative estimate of drug-likeness (QED) is 0.625. The van der Waals surface area contributed by atoms with Gasteiger partial charge in [-0.2, -0.15) is 0 Å². The van der Waals surface area contributed by atoms with Gasteiger partial charge in [-0.05, 0) is 40.0 Å². The van der Waals surface area contributed by atoms with Gasteiger partial charge in [-0.15, -0.1) is 0 Å². The van der Waals surface area contributed by atoms with Gasteiger partial charge in [-0.1, -0.05) is 0 Å². The lowest BCUT2D eigenvalue weighted by atomic mass is 10.1. The largest absolute Gasteiger partial charge is 0.444 e. The Morgan fingerprint density at radius 3 is 2.53 bits per heavy atom. The van der Waals surface area contributed by atoms with E-state index in [9.17, 15) is 9.59 Å². The predicted octanol–water partition coefficient (Wildman–Crippen LogP) is 1.83. The number of carbonyl (C=O) groups is 2. The minimum absolute atomic E-state index is 0.0283. The van der Waals surface area contributed by atoms with Crippen molar-refractivity contribution in [2.45, 2.75) is 51.7 Å². The van der Waals surface area contributed by atoms with Crippen LogP contribution in [0.25, 0.3) is 0 Å². The van der Waals surface area contributed by atoms with Crippen LogP contribution >= 0.6 is 0 Å². The number of hydrogen-bond acceptors (Lipinski definition) is 5. The second-order valence-electron chi connectivity index (χ2n) is 5.72. The lowest BCUT2D eigenvalue weighted by Gasteiger charge is -2.21. The van der Waals surface area contributed by atoms with Gasteiger partial charge >= 0.3 is 12.1 Å². The summed E-state index contributed by atoms with van der Waals surface area (Å²) in [5, 5.41) is 2.78. The molecule has 1 N–H and O–H groups in total. The third-order valence-corrected chi connectivity index (χ3v) is 2.81. The summed E-state index contributed by atoms with van der Waals surface area (Å²) in [6.07, 6.45) is 1.61. The fourth-order valence-electron chi connectivity index (χ4n) is 2.04. The summed E-state index contributed by atoms with van der Waals surface area (Å²) < 4.78 is 14.8. The molecular formula is C13H23NO5. The number of ether oxygens (including phenoxy) is 3. The molecule has 0 bridgehead atoms. The third kappa shape index (κ3) is 5.92. The van der Waals surface area contributed by atoms with Crippen LogP contribution in [0.2, 0.25) is 0 Å². The van der Waals surface area contributed by atoms with E-state index in [1.54, 1.807) is 0 Å². The second-order valence-corrected chi connectivity index (χ2v) is 5.72. The van der Waals surface area contributed by atoms with Gasteiger partial charge in [-0.3, -0.25) is 4.79 Å². The Kier molecular flexibility index (Phi) is 5.60. The monoisotopic (exact) mass is 273 g/mol. The van der Waals surface area contributed by atoms with Crippen molar-refractivity contribution in [2.75, 3.05) is 13.9 Å². The number of esters is 1. The number of hydrogen-bond donors (Lipinski definition) is 1. The summed E-state index contributed by atoms with van der Waals surface area (Å²) in [6, 6.07) is -0.0325. The van der Waals surface area contributed by atoms with Crippen LogP contribution in [0, 0.1) is 5.92 Å². The molecule has 0 spiro atoms. The molecule has 6 heteroatoms. The molecule has 0 aromatic rings. The maximum atomic E-state index is 11.6. The molecule has 0 radical (unpaired) electrons. The Morgan fingerprint density at radius 1 is 1.26 bits per heavy atom. The normalized spacial score (nSPS) is 22.9. The fourth-order valence-corrected chi connectivity index (χ4v) is 2.04. The molecule has 1 aliphatic rings. The van der Waals surface area contributed by atoms with Crippen molar-refractivity contribution >= 4 is 12.1 Å². The highest BCUT2D eigenvalue weighted by atomic mass is 16.7. The number of rotatable bonds is 4. The molecule has 0 aliphatic heterocycles. The zero-order chi connectivity index (χ0) is 14.5. The molecule has 1 aliphatic carbocycles. The highest BCUT2D eigenvalue weighted by Gasteiger charge is 2.32. The van der Waals surface area contributed by atoms with Crippen molar-refractivity contribution < 1.29 is 23.8 Å². The lowest BCUT2D eigenvalue weighted by molar-refractivity contribution is -0.158. The second kappa shape index (κ2) is 6.75. The van der Waals surface area contributed by atoms with Crippen molar-refractivity contribution in [1.29, 1.82) is 0 Å². The first-order chi connectivity index (χ1) is 8.81. The Labute approximate surface area is 113 Å². The van der Waals surface area contributed by atoms with Crippen molar-refractivity contribution in [3.8, 4) is 0 Å². The van der Waals surface area contributed by atoms with E-state index in [1.165, 1.54) is 7.11 Å². The summed E-state index contributed by atoms with van der Waals surface area (Å²) in [6.45, 7) is 5.41. The minimum Gasteiger partial charge on any atom is -0.444 e. The Morgan fingerprint density at radius 2 is 1.95 bits per heavy atom. The average Bonchev–Trinajstić information content (AvgIpc) is 2.71. The minimum atomic E-state index is -0.514. The van der Waals surface area contributed by atoms with E-state index in [0.717, 1.165) is 6.42 Å². The highest BCUT2D eigenvalue weighted by Crippen LogP contribution is 2.27. The van der Waals surface area contributed by atoms with Gasteiger partial charge in [0, 0.05) is 13.2 Å². The molecule has 1 rings (SSSR count). The standard InChI is InChI=1S/C13H23NO5/c1-13(2,3)19-12(16)14-10-6-5-9(7-10)11(15)18-8-17-4/h9-10H,5-8H2,1-4H3,(H,14,16)/t9-,10+/m0/s1. The van der Waals surface area contributed by atoms with Crippen LogP contribution < -0.4 is 5.32 Å². The molecule has 0 heterocycles. The van der Waals surface area contributed by atoms with Gasteiger partial charge in [-0.25, -0.2) is 4.79 Å². The summed E-state index contributed by atoms with van der Waals surface area (Å²) in [5.74, 6) is -0.439. The first-order valence-corrected chi connectivity index (χ1v) is 6.47. The third-order valence-electron chi connectivity index (χ3n) is 2.81. The van der Waals surface area contributed by atoms with Crippen molar-refractivity contribution in [1.82, 2.24) is 5.32 Å². The average molecular weight is 273 g/mol. The summed E-state index contributed by atoms with van der Waals surface area (Å²) >= 11 is 0. The number of amides is 1. The maximum Gasteiger partial charge on any atom is 0.407 e. The van der Waals surface area contributed by atoms with Crippen molar-refractivity contribution in [3.63, 3.8) is 0 Å². The van der Waals surface area contributed by atoms with Crippen LogP contribution in [0.1, 0.15) is 40.0 Å². The van der Waals surface area contributed by atoms with Crippen LogP contribution in [-0.2, 0) is 19.0 Å². The molecular weight excluding hydrogens is 250 g/mol. The molecule has 0 saturated heterocycles. The van der Waals surface area contributed by atoms with Gasteiger partial charge < -0.3 is 19.5 Å². The van der Waals surface area contributed by atoms with Gasteiger partial charge in [0.15, 0.2) is 6.79 Å². The van der Waals surface area contributed by atoms with E-state index in [2.05, 4.69) is 10.1 Å². The Balaban J connectivity index is 2.32. The van der Waals surface area contributed by atoms with Crippen molar-refractivity contribution in [3.05, 3.63) is 0 Å². The topological polar surface area (TPSA) is 73.9 Å². The zero-order valence-corrected chi connectivity index (χ0v) is 12.0. The molecule has 0 aromatic heterocycles. The predicted molar refractivity (Wildman–Crippen MR) is 68.5 cm³/mol. The Hall–Kier alpha value is -1.30. The van der Waals surface area contributed by atoms with Gasteiger partial charge in [0.1, 0.15) is 5.60 Å². The van der Waals surface area contributed by atoms with E-state index in [1.807, 2.05) is 20.8 Å². The van der Waals surface area contributed by atoms with Crippen LogP contribution in [0.15, 0.2) is 0 Å². The highest BCUT2D eigenvalue weighted by molar-refractivity contribution is 5.73. The van der Waals surface area contributed by atoms with E-state index < -0.39 is 11.7 Å². The van der Waals surface area contributed by atoms with Crippen LogP contribution in [-0.4, -0.2) is 37.6 Å². The molecule has 6 nitrogen and oxygen atoms in total. The van der Waals surface area contributed by atoms with E-state index in [4.69, 9.17) is 9.47 Å². The molecule has 1 saturated carbocycles. The number of carbonyl (C=O) groups excluding carboxylic acids is 2. The van der Waals surface area contributed by atoms with Crippen LogP contribution in [0.4, 0.5) is 4.79 Å². The first-order valence-electron chi connectivity index (χ1n) is 6.47. The smallest absolute Gasteiger partial charge is 0.407 e. The summed E-state index contributed by atoms with van der Waals surface area (Å²) in [7, 11) is 1.47. The molecule has 110 valence electrons. The SMILES string of the molecule is COCOC(=O)[C@H]1CC[C@@H](NC(=O)OC(C)(C)C)C1. The molecule has 1 amide bonds. The Bertz CT molecular complexity index is 323. The number of nitrogens with one attached hydrogen (secondary N) is 1. The maximum absolute atomic E-state index is 11.6. The van der Waals surface area contributed by atoms with Crippen molar-refractivity contribution in [2.24, 2.45) is 5.92 Å².